The molecule has 27 heavy (non-hydrogen) atoms. The number of imidazole rings is 1. The summed E-state index contributed by atoms with van der Waals surface area (Å²) >= 11 is 0. The number of aryl methyl sites for hydroxylation is 1. The van der Waals surface area contributed by atoms with Crippen molar-refractivity contribution in [3.8, 4) is 17.0 Å². The number of ether oxygens (including phenoxy) is 2. The molecule has 5 rings (SSSR count). The highest BCUT2D eigenvalue weighted by Crippen LogP contribution is 2.33. The predicted octanol–water partition coefficient (Wildman–Crippen LogP) is 2.81. The van der Waals surface area contributed by atoms with Crippen molar-refractivity contribution in [2.75, 3.05) is 20.3 Å². The fourth-order valence-corrected chi connectivity index (χ4v) is 3.94. The van der Waals surface area contributed by atoms with Crippen LogP contribution in [-0.2, 0) is 4.74 Å². The van der Waals surface area contributed by atoms with Gasteiger partial charge in [0.2, 0.25) is 5.88 Å². The molecule has 1 aliphatic heterocycles. The second kappa shape index (κ2) is 6.31. The number of fused-ring (bicyclic) bond motifs is 2. The lowest BCUT2D eigenvalue weighted by Crippen LogP contribution is -2.22. The summed E-state index contributed by atoms with van der Waals surface area (Å²) in [6.07, 6.45) is 7.39. The van der Waals surface area contributed by atoms with Crippen molar-refractivity contribution in [2.24, 2.45) is 0 Å². The summed E-state index contributed by atoms with van der Waals surface area (Å²) in [5, 5.41) is 4.26. The zero-order chi connectivity index (χ0) is 18.4. The number of aromatic nitrogens is 6. The fraction of sp³-hybridized carbons (Fsp3) is 0.368. The molecule has 1 unspecified atom stereocenters. The maximum absolute atomic E-state index is 5.69. The summed E-state index contributed by atoms with van der Waals surface area (Å²) in [6.45, 7) is 3.58. The summed E-state index contributed by atoms with van der Waals surface area (Å²) in [7, 11) is 1.61. The first-order valence-electron chi connectivity index (χ1n) is 9.05. The van der Waals surface area contributed by atoms with Crippen LogP contribution in [0.15, 0.2) is 30.9 Å². The quantitative estimate of drug-likeness (QED) is 0.556. The van der Waals surface area contributed by atoms with E-state index in [-0.39, 0.29) is 0 Å². The van der Waals surface area contributed by atoms with Crippen LogP contribution in [0.5, 0.6) is 5.88 Å². The molecular weight excluding hydrogens is 344 g/mol. The largest absolute Gasteiger partial charge is 0.479 e. The molecule has 4 aromatic heterocycles. The van der Waals surface area contributed by atoms with E-state index in [0.717, 1.165) is 53.1 Å². The molecule has 0 amide bonds. The van der Waals surface area contributed by atoms with Gasteiger partial charge in [-0.25, -0.2) is 14.5 Å². The van der Waals surface area contributed by atoms with E-state index in [2.05, 4.69) is 30.7 Å². The SMILES string of the molecule is COc1ncnn2ccc(-c3cnc4nc(C)n(C5CCCOC5)c4c3)c12. The van der Waals surface area contributed by atoms with E-state index in [1.54, 1.807) is 11.6 Å². The summed E-state index contributed by atoms with van der Waals surface area (Å²) < 4.78 is 15.2. The minimum Gasteiger partial charge on any atom is -0.479 e. The van der Waals surface area contributed by atoms with Gasteiger partial charge < -0.3 is 14.0 Å². The smallest absolute Gasteiger partial charge is 0.241 e. The van der Waals surface area contributed by atoms with E-state index in [9.17, 15) is 0 Å². The van der Waals surface area contributed by atoms with Gasteiger partial charge >= 0.3 is 0 Å². The Morgan fingerprint density at radius 2 is 2.22 bits per heavy atom. The number of methoxy groups -OCH3 is 1. The minimum absolute atomic E-state index is 0.296. The topological polar surface area (TPSA) is 79.4 Å². The normalized spacial score (nSPS) is 17.6. The summed E-state index contributed by atoms with van der Waals surface area (Å²) in [5.41, 5.74) is 4.57. The molecule has 0 aliphatic carbocycles. The van der Waals surface area contributed by atoms with Crippen molar-refractivity contribution in [3.05, 3.63) is 36.7 Å². The molecule has 1 fully saturated rings. The molecule has 0 saturated carbocycles. The van der Waals surface area contributed by atoms with Crippen molar-refractivity contribution in [1.82, 2.24) is 29.1 Å². The molecule has 0 spiro atoms. The maximum Gasteiger partial charge on any atom is 0.241 e. The van der Waals surface area contributed by atoms with Crippen LogP contribution in [-0.4, -0.2) is 49.5 Å². The highest BCUT2D eigenvalue weighted by atomic mass is 16.5. The Labute approximate surface area is 155 Å². The Morgan fingerprint density at radius 3 is 3.04 bits per heavy atom. The molecule has 8 nitrogen and oxygen atoms in total. The van der Waals surface area contributed by atoms with Crippen molar-refractivity contribution in [3.63, 3.8) is 0 Å². The van der Waals surface area contributed by atoms with Gasteiger partial charge in [0, 0.05) is 30.1 Å². The third kappa shape index (κ3) is 2.56. The lowest BCUT2D eigenvalue weighted by Gasteiger charge is -2.25. The third-order valence-electron chi connectivity index (χ3n) is 5.15. The van der Waals surface area contributed by atoms with Crippen LogP contribution in [0, 0.1) is 6.92 Å². The first kappa shape index (κ1) is 16.2. The van der Waals surface area contributed by atoms with Crippen LogP contribution in [0.25, 0.3) is 27.8 Å². The number of hydrogen-bond acceptors (Lipinski definition) is 6. The Kier molecular flexibility index (Phi) is 3.78. The Bertz CT molecular complexity index is 1130. The molecule has 1 saturated heterocycles. The van der Waals surface area contributed by atoms with Crippen molar-refractivity contribution >= 4 is 16.7 Å². The molecule has 0 N–H and O–H groups in total. The molecule has 0 aromatic carbocycles. The minimum atomic E-state index is 0.296. The van der Waals surface area contributed by atoms with E-state index in [4.69, 9.17) is 9.47 Å². The lowest BCUT2D eigenvalue weighted by molar-refractivity contribution is 0.0598. The maximum atomic E-state index is 5.69. The first-order valence-corrected chi connectivity index (χ1v) is 9.05. The number of rotatable bonds is 3. The number of pyridine rings is 1. The molecule has 0 radical (unpaired) electrons. The van der Waals surface area contributed by atoms with Gasteiger partial charge in [0.15, 0.2) is 5.65 Å². The molecule has 1 atom stereocenters. The zero-order valence-electron chi connectivity index (χ0n) is 15.3. The van der Waals surface area contributed by atoms with Gasteiger partial charge in [-0.3, -0.25) is 0 Å². The monoisotopic (exact) mass is 364 g/mol. The van der Waals surface area contributed by atoms with Crippen LogP contribution in [0.3, 0.4) is 0 Å². The van der Waals surface area contributed by atoms with E-state index in [1.807, 2.05) is 25.4 Å². The van der Waals surface area contributed by atoms with Gasteiger partial charge in [0.05, 0.1) is 25.3 Å². The van der Waals surface area contributed by atoms with Crippen LogP contribution in [0.1, 0.15) is 24.7 Å². The Morgan fingerprint density at radius 1 is 1.30 bits per heavy atom. The van der Waals surface area contributed by atoms with Crippen LogP contribution >= 0.6 is 0 Å². The van der Waals surface area contributed by atoms with Gasteiger partial charge in [-0.05, 0) is 31.9 Å². The lowest BCUT2D eigenvalue weighted by atomic mass is 10.1. The fourth-order valence-electron chi connectivity index (χ4n) is 3.94. The highest BCUT2D eigenvalue weighted by Gasteiger charge is 2.22. The third-order valence-corrected chi connectivity index (χ3v) is 5.15. The molecule has 4 aromatic rings. The Hall–Kier alpha value is -3.00. The summed E-state index contributed by atoms with van der Waals surface area (Å²) in [5.74, 6) is 1.50. The van der Waals surface area contributed by atoms with Crippen LogP contribution < -0.4 is 4.74 Å². The molecule has 8 heteroatoms. The van der Waals surface area contributed by atoms with Gasteiger partial charge in [-0.1, -0.05) is 0 Å². The average molecular weight is 364 g/mol. The van der Waals surface area contributed by atoms with Crippen molar-refractivity contribution in [1.29, 1.82) is 0 Å². The van der Waals surface area contributed by atoms with Gasteiger partial charge in [0.1, 0.15) is 17.7 Å². The highest BCUT2D eigenvalue weighted by molar-refractivity contribution is 5.87. The Balaban J connectivity index is 1.69. The standard InChI is InChI=1S/C19H20N6O2/c1-12-23-18-16(25(12)14-4-3-7-27-10-14)8-13(9-20-18)15-5-6-24-17(15)19(26-2)21-11-22-24/h5-6,8-9,11,14H,3-4,7,10H2,1-2H3. The van der Waals surface area contributed by atoms with Crippen LogP contribution in [0.2, 0.25) is 0 Å². The van der Waals surface area contributed by atoms with Crippen LogP contribution in [0.4, 0.5) is 0 Å². The average Bonchev–Trinajstić information content (AvgIpc) is 3.28. The molecule has 1 aliphatic rings. The molecule has 138 valence electrons. The zero-order valence-corrected chi connectivity index (χ0v) is 15.3. The van der Waals surface area contributed by atoms with E-state index in [1.165, 1.54) is 6.33 Å². The first-order chi connectivity index (χ1) is 13.3. The molecule has 5 heterocycles. The molecule has 0 bridgehead atoms. The van der Waals surface area contributed by atoms with E-state index < -0.39 is 0 Å². The number of hydrogen-bond donors (Lipinski definition) is 0. The van der Waals surface area contributed by atoms with E-state index in [0.29, 0.717) is 18.5 Å². The van der Waals surface area contributed by atoms with Gasteiger partial charge in [0.25, 0.3) is 0 Å². The van der Waals surface area contributed by atoms with Gasteiger partial charge in [-0.2, -0.15) is 10.1 Å². The second-order valence-corrected chi connectivity index (χ2v) is 6.76. The van der Waals surface area contributed by atoms with Crippen molar-refractivity contribution < 1.29 is 9.47 Å². The second-order valence-electron chi connectivity index (χ2n) is 6.76. The predicted molar refractivity (Wildman–Crippen MR) is 99.9 cm³/mol. The summed E-state index contributed by atoms with van der Waals surface area (Å²) in [4.78, 5) is 13.5. The molecular formula is C19H20N6O2. The van der Waals surface area contributed by atoms with E-state index >= 15 is 0 Å². The number of nitrogens with zero attached hydrogens (tertiary/aromatic N) is 6. The summed E-state index contributed by atoms with van der Waals surface area (Å²) in [6, 6.07) is 4.44. The van der Waals surface area contributed by atoms with Crippen molar-refractivity contribution in [2.45, 2.75) is 25.8 Å². The van der Waals surface area contributed by atoms with Gasteiger partial charge in [-0.15, -0.1) is 0 Å².